The van der Waals surface area contributed by atoms with E-state index in [1.165, 1.54) is 11.1 Å². The van der Waals surface area contributed by atoms with Gasteiger partial charge in [-0.25, -0.2) is 9.97 Å². The van der Waals surface area contributed by atoms with Crippen molar-refractivity contribution in [2.45, 2.75) is 60.6 Å². The first-order chi connectivity index (χ1) is 19.8. The first kappa shape index (κ1) is 26.7. The molecule has 0 saturated carbocycles. The molecule has 1 aliphatic heterocycles. The molecule has 2 atom stereocenters. The predicted molar refractivity (Wildman–Crippen MR) is 164 cm³/mol. The highest BCUT2D eigenvalue weighted by Gasteiger charge is 2.50. The summed E-state index contributed by atoms with van der Waals surface area (Å²) in [5, 5.41) is 0. The van der Waals surface area contributed by atoms with Crippen molar-refractivity contribution in [3.05, 3.63) is 84.6 Å². The van der Waals surface area contributed by atoms with Crippen molar-refractivity contribution in [2.24, 2.45) is 5.41 Å². The Labute approximate surface area is 247 Å². The fourth-order valence-corrected chi connectivity index (χ4v) is 8.14. The maximum absolute atomic E-state index is 13.3. The van der Waals surface area contributed by atoms with Crippen LogP contribution in [0.2, 0.25) is 0 Å². The highest BCUT2D eigenvalue weighted by molar-refractivity contribution is 7.99. The molecule has 8 nitrogen and oxygen atoms in total. The van der Waals surface area contributed by atoms with Crippen molar-refractivity contribution >= 4 is 45.8 Å². The number of hydrogen-bond acceptors (Lipinski definition) is 8. The molecule has 1 aliphatic carbocycles. The maximum Gasteiger partial charge on any atom is 0.211 e. The van der Waals surface area contributed by atoms with Crippen LogP contribution in [-0.4, -0.2) is 46.7 Å². The highest BCUT2D eigenvalue weighted by Crippen LogP contribution is 2.53. The lowest BCUT2D eigenvalue weighted by atomic mass is 9.73. The van der Waals surface area contributed by atoms with Crippen LogP contribution in [0, 0.1) is 5.41 Å². The van der Waals surface area contributed by atoms with Crippen LogP contribution in [0.4, 0.5) is 5.95 Å². The van der Waals surface area contributed by atoms with Gasteiger partial charge in [0.1, 0.15) is 10.3 Å². The lowest BCUT2D eigenvalue weighted by molar-refractivity contribution is 0.175. The second kappa shape index (κ2) is 10.3. The molecule has 1 saturated heterocycles. The summed E-state index contributed by atoms with van der Waals surface area (Å²) in [7, 11) is 0. The Bertz CT molecular complexity index is 1720. The van der Waals surface area contributed by atoms with Crippen LogP contribution in [0.1, 0.15) is 50.8 Å². The highest BCUT2D eigenvalue weighted by atomic mass is 32.2. The molecule has 7 rings (SSSR count). The number of benzene rings is 1. The Balaban J connectivity index is 1.15. The minimum atomic E-state index is -1.15. The smallest absolute Gasteiger partial charge is 0.211 e. The van der Waals surface area contributed by atoms with Crippen LogP contribution < -0.4 is 9.62 Å². The molecule has 10 heteroatoms. The molecular weight excluding hydrogens is 551 g/mol. The van der Waals surface area contributed by atoms with Crippen LogP contribution in [0.5, 0.6) is 0 Å². The molecule has 4 aromatic heterocycles. The van der Waals surface area contributed by atoms with Crippen molar-refractivity contribution in [1.82, 2.24) is 29.1 Å². The lowest BCUT2D eigenvalue weighted by Crippen LogP contribution is -2.50. The summed E-state index contributed by atoms with van der Waals surface area (Å²) in [5.74, 6) is 0.910. The predicted octanol–water partition coefficient (Wildman–Crippen LogP) is 5.76. The number of nitrogens with one attached hydrogen (secondary N) is 1. The van der Waals surface area contributed by atoms with Crippen molar-refractivity contribution in [2.75, 3.05) is 18.0 Å². The van der Waals surface area contributed by atoms with Gasteiger partial charge in [0, 0.05) is 65.7 Å². The van der Waals surface area contributed by atoms with Gasteiger partial charge in [-0.05, 0) is 69.4 Å². The Morgan fingerprint density at radius 3 is 2.61 bits per heavy atom. The van der Waals surface area contributed by atoms with Crippen molar-refractivity contribution in [3.8, 4) is 0 Å². The summed E-state index contributed by atoms with van der Waals surface area (Å²) in [6.07, 6.45) is 12.4. The summed E-state index contributed by atoms with van der Waals surface area (Å²) < 4.78 is 18.6. The van der Waals surface area contributed by atoms with Gasteiger partial charge in [-0.15, -0.1) is 4.72 Å². The van der Waals surface area contributed by atoms with E-state index in [1.54, 1.807) is 18.0 Å². The molecular formula is C31H33N7OS2. The summed E-state index contributed by atoms with van der Waals surface area (Å²) in [5.41, 5.74) is 5.34. The fraction of sp³-hybridized carbons (Fsp3) is 0.355. The first-order valence-corrected chi connectivity index (χ1v) is 16.0. The molecule has 1 unspecified atom stereocenters. The third-order valence-electron chi connectivity index (χ3n) is 8.40. The Kier molecular flexibility index (Phi) is 6.69. The SMILES string of the molecule is CC(C)(C)[S+]([O-])N[C@@H]1c2ccccc2CC12CCN(c1ncc(Sc3ccnc4cccnc34)c3nccn13)CC2. The second-order valence-corrected chi connectivity index (χ2v) is 15.1. The third kappa shape index (κ3) is 4.76. The number of piperidine rings is 1. The van der Waals surface area contributed by atoms with Crippen molar-refractivity contribution in [3.63, 3.8) is 0 Å². The molecule has 210 valence electrons. The number of aromatic nitrogens is 5. The van der Waals surface area contributed by atoms with E-state index >= 15 is 0 Å². The zero-order valence-corrected chi connectivity index (χ0v) is 25.1. The molecule has 41 heavy (non-hydrogen) atoms. The van der Waals surface area contributed by atoms with Gasteiger partial charge in [-0.3, -0.25) is 14.4 Å². The third-order valence-corrected chi connectivity index (χ3v) is 11.0. The van der Waals surface area contributed by atoms with E-state index in [0.29, 0.717) is 0 Å². The van der Waals surface area contributed by atoms with Crippen LogP contribution in [0.15, 0.2) is 83.2 Å². The van der Waals surface area contributed by atoms with Crippen LogP contribution in [-0.2, 0) is 17.8 Å². The maximum atomic E-state index is 13.3. The zero-order valence-electron chi connectivity index (χ0n) is 23.4. The van der Waals surface area contributed by atoms with Gasteiger partial charge in [0.25, 0.3) is 0 Å². The van der Waals surface area contributed by atoms with E-state index in [2.05, 4.69) is 48.3 Å². The van der Waals surface area contributed by atoms with Gasteiger partial charge in [0.2, 0.25) is 5.95 Å². The van der Waals surface area contributed by atoms with Gasteiger partial charge in [0.15, 0.2) is 5.65 Å². The van der Waals surface area contributed by atoms with Crippen LogP contribution >= 0.6 is 11.8 Å². The van der Waals surface area contributed by atoms with Gasteiger partial charge in [-0.1, -0.05) is 36.0 Å². The quantitative estimate of drug-likeness (QED) is 0.261. The average Bonchev–Trinajstić information content (AvgIpc) is 3.58. The second-order valence-electron chi connectivity index (χ2n) is 12.0. The number of anilines is 1. The van der Waals surface area contributed by atoms with Crippen LogP contribution in [0.25, 0.3) is 16.7 Å². The van der Waals surface area contributed by atoms with E-state index in [9.17, 15) is 4.55 Å². The number of nitrogens with zero attached hydrogens (tertiary/aromatic N) is 6. The largest absolute Gasteiger partial charge is 0.598 e. The Hall–Kier alpha value is -3.18. The molecule has 5 aromatic rings. The molecule has 1 fully saturated rings. The summed E-state index contributed by atoms with van der Waals surface area (Å²) in [6, 6.07) is 14.6. The zero-order chi connectivity index (χ0) is 28.2. The van der Waals surface area contributed by atoms with Gasteiger partial charge in [-0.2, -0.15) is 0 Å². The van der Waals surface area contributed by atoms with E-state index < -0.39 is 11.4 Å². The van der Waals surface area contributed by atoms with Crippen molar-refractivity contribution in [1.29, 1.82) is 0 Å². The molecule has 5 heterocycles. The number of pyridine rings is 2. The first-order valence-electron chi connectivity index (χ1n) is 14.0. The number of imidazole rings is 1. The number of rotatable bonds is 5. The standard InChI is InChI=1S/C31H33N7OS2/c1-30(2,3)41(39)36-27-22-8-5-4-7-21(22)19-31(27)11-16-37(17-12-31)29-35-20-25(28-34-15-18-38(28)29)40-24-10-14-32-23-9-6-13-33-26(23)24/h4-10,13-15,18,20,27,36H,11-12,16-17,19H2,1-3H3/t27-,41?/m1/s1. The molecule has 0 bridgehead atoms. The van der Waals surface area contributed by atoms with E-state index in [4.69, 9.17) is 9.97 Å². The fourth-order valence-electron chi connectivity index (χ4n) is 6.22. The van der Waals surface area contributed by atoms with E-state index in [1.807, 2.05) is 63.8 Å². The number of hydrogen-bond donors (Lipinski definition) is 1. The molecule has 2 aliphatic rings. The van der Waals surface area contributed by atoms with Gasteiger partial charge in [0.05, 0.1) is 16.5 Å². The normalized spacial score (nSPS) is 19.2. The number of fused-ring (bicyclic) bond motifs is 3. The summed E-state index contributed by atoms with van der Waals surface area (Å²) in [4.78, 5) is 23.1. The lowest BCUT2D eigenvalue weighted by Gasteiger charge is -2.44. The molecule has 0 amide bonds. The minimum Gasteiger partial charge on any atom is -0.598 e. The van der Waals surface area contributed by atoms with Crippen LogP contribution in [0.3, 0.4) is 0 Å². The minimum absolute atomic E-state index is 0.0281. The monoisotopic (exact) mass is 583 g/mol. The van der Waals surface area contributed by atoms with E-state index in [0.717, 1.165) is 64.8 Å². The molecule has 1 N–H and O–H groups in total. The van der Waals surface area contributed by atoms with Gasteiger partial charge < -0.3 is 9.45 Å². The Morgan fingerprint density at radius 1 is 0.951 bits per heavy atom. The summed E-state index contributed by atoms with van der Waals surface area (Å²) >= 11 is 0.471. The topological polar surface area (TPSA) is 94.3 Å². The van der Waals surface area contributed by atoms with E-state index in [-0.39, 0.29) is 16.2 Å². The molecule has 1 spiro atoms. The Morgan fingerprint density at radius 2 is 1.78 bits per heavy atom. The van der Waals surface area contributed by atoms with Gasteiger partial charge >= 0.3 is 0 Å². The molecule has 0 radical (unpaired) electrons. The summed E-state index contributed by atoms with van der Waals surface area (Å²) in [6.45, 7) is 7.84. The van der Waals surface area contributed by atoms with Crippen molar-refractivity contribution < 1.29 is 4.55 Å². The molecule has 1 aromatic carbocycles. The average molecular weight is 584 g/mol.